The molecule has 0 aromatic carbocycles. The number of hydrogen-bond donors (Lipinski definition) is 2. The van der Waals surface area contributed by atoms with Crippen molar-refractivity contribution in [1.82, 2.24) is 25.3 Å². The van der Waals surface area contributed by atoms with Crippen LogP contribution in [-0.4, -0.2) is 97.2 Å². The Balaban J connectivity index is 1.97. The van der Waals surface area contributed by atoms with Gasteiger partial charge < -0.3 is 25.3 Å². The minimum atomic E-state index is -0.448. The number of nitrogens with zero attached hydrogens (tertiary/aromatic N) is 3. The highest BCUT2D eigenvalue weighted by Crippen LogP contribution is 2.21. The van der Waals surface area contributed by atoms with Crippen LogP contribution in [0.2, 0.25) is 0 Å². The fourth-order valence-corrected chi connectivity index (χ4v) is 4.65. The van der Waals surface area contributed by atoms with E-state index in [1.807, 2.05) is 13.8 Å². The number of amides is 4. The van der Waals surface area contributed by atoms with Crippen LogP contribution in [0.5, 0.6) is 0 Å². The monoisotopic (exact) mass is 463 g/mol. The van der Waals surface area contributed by atoms with E-state index in [2.05, 4.69) is 15.5 Å². The molecule has 0 radical (unpaired) electrons. The quantitative estimate of drug-likeness (QED) is 0.348. The van der Waals surface area contributed by atoms with E-state index in [-0.39, 0.29) is 36.2 Å². The van der Waals surface area contributed by atoms with E-state index in [0.717, 1.165) is 26.1 Å². The Labute approximate surface area is 197 Å². The second-order valence-electron chi connectivity index (χ2n) is 9.44. The lowest BCUT2D eigenvalue weighted by Crippen LogP contribution is -2.48. The zero-order valence-electron chi connectivity index (χ0n) is 20.6. The molecule has 4 amide bonds. The van der Waals surface area contributed by atoms with Gasteiger partial charge in [-0.05, 0) is 51.6 Å². The van der Waals surface area contributed by atoms with Gasteiger partial charge in [0.15, 0.2) is 0 Å². The van der Waals surface area contributed by atoms with Crippen molar-refractivity contribution in [3.8, 4) is 0 Å². The van der Waals surface area contributed by atoms with Crippen LogP contribution in [0.25, 0.3) is 0 Å². The average Bonchev–Trinajstić information content (AvgIpc) is 3.30. The molecule has 2 heterocycles. The molecule has 2 saturated heterocycles. The van der Waals surface area contributed by atoms with Crippen LogP contribution in [0.3, 0.4) is 0 Å². The average molecular weight is 464 g/mol. The zero-order valence-corrected chi connectivity index (χ0v) is 20.6. The summed E-state index contributed by atoms with van der Waals surface area (Å²) in [6.45, 7) is 9.79. The van der Waals surface area contributed by atoms with E-state index in [1.165, 1.54) is 19.3 Å². The maximum absolute atomic E-state index is 13.2. The van der Waals surface area contributed by atoms with Gasteiger partial charge in [0, 0.05) is 32.3 Å². The molecule has 0 unspecified atom stereocenters. The maximum atomic E-state index is 13.2. The molecule has 0 bridgehead atoms. The fourth-order valence-electron chi connectivity index (χ4n) is 4.65. The van der Waals surface area contributed by atoms with Crippen molar-refractivity contribution >= 4 is 24.1 Å². The Hall–Kier alpha value is -2.42. The molecule has 9 heteroatoms. The van der Waals surface area contributed by atoms with Gasteiger partial charge in [-0.3, -0.25) is 19.2 Å². The molecule has 0 spiro atoms. The van der Waals surface area contributed by atoms with Crippen molar-refractivity contribution in [2.75, 3.05) is 46.3 Å². The topological polar surface area (TPSA) is 102 Å². The highest BCUT2D eigenvalue weighted by molar-refractivity contribution is 5.97. The summed E-state index contributed by atoms with van der Waals surface area (Å²) < 4.78 is 0. The molecule has 2 aliphatic rings. The van der Waals surface area contributed by atoms with E-state index in [0.29, 0.717) is 31.5 Å². The van der Waals surface area contributed by atoms with Crippen molar-refractivity contribution < 1.29 is 19.2 Å². The van der Waals surface area contributed by atoms with Crippen LogP contribution in [-0.2, 0) is 19.2 Å². The number of likely N-dealkylation sites (N-methyl/N-ethyl adjacent to an activating group) is 1. The summed E-state index contributed by atoms with van der Waals surface area (Å²) in [5, 5.41) is 5.41. The van der Waals surface area contributed by atoms with Crippen LogP contribution in [0.1, 0.15) is 52.9 Å². The first kappa shape index (κ1) is 26.8. The molecule has 0 saturated carbocycles. The van der Waals surface area contributed by atoms with Gasteiger partial charge >= 0.3 is 0 Å². The molecule has 2 rings (SSSR count). The molecule has 2 N–H and O–H groups in total. The maximum Gasteiger partial charge on any atom is 0.249 e. The van der Waals surface area contributed by atoms with Gasteiger partial charge in [-0.1, -0.05) is 26.3 Å². The third-order valence-electron chi connectivity index (χ3n) is 6.61. The van der Waals surface area contributed by atoms with Crippen LogP contribution < -0.4 is 10.6 Å². The minimum Gasteiger partial charge on any atom is -0.353 e. The van der Waals surface area contributed by atoms with Crippen molar-refractivity contribution in [1.29, 1.82) is 0 Å². The Bertz CT molecular complexity index is 718. The van der Waals surface area contributed by atoms with Gasteiger partial charge in [-0.15, -0.1) is 0 Å². The van der Waals surface area contributed by atoms with E-state index >= 15 is 0 Å². The van der Waals surface area contributed by atoms with Crippen LogP contribution in [0.4, 0.5) is 0 Å². The van der Waals surface area contributed by atoms with Crippen LogP contribution in [0.15, 0.2) is 11.6 Å². The molecule has 2 fully saturated rings. The summed E-state index contributed by atoms with van der Waals surface area (Å²) in [6.07, 6.45) is 7.48. The first-order valence-corrected chi connectivity index (χ1v) is 12.2. The second kappa shape index (κ2) is 13.3. The summed E-state index contributed by atoms with van der Waals surface area (Å²) in [7, 11) is 1.67. The van der Waals surface area contributed by atoms with E-state index in [9.17, 15) is 19.2 Å². The summed E-state index contributed by atoms with van der Waals surface area (Å²) in [5.74, 6) is -0.408. The minimum absolute atomic E-state index is 0.0744. The smallest absolute Gasteiger partial charge is 0.249 e. The van der Waals surface area contributed by atoms with Crippen molar-refractivity contribution in [3.05, 3.63) is 11.6 Å². The number of rotatable bonds is 11. The second-order valence-corrected chi connectivity index (χ2v) is 9.44. The Kier molecular flexibility index (Phi) is 10.8. The third-order valence-corrected chi connectivity index (χ3v) is 6.61. The van der Waals surface area contributed by atoms with Crippen molar-refractivity contribution in [3.63, 3.8) is 0 Å². The summed E-state index contributed by atoms with van der Waals surface area (Å²) in [5.41, 5.74) is 0.518. The first-order valence-electron chi connectivity index (χ1n) is 12.2. The number of hydrogen-bond acceptors (Lipinski definition) is 5. The number of piperidine rings is 1. The number of likely N-dealkylation sites (tertiary alicyclic amines) is 2. The molecule has 186 valence electrons. The third kappa shape index (κ3) is 7.84. The van der Waals surface area contributed by atoms with Gasteiger partial charge in [0.05, 0.1) is 12.6 Å². The molecule has 2 aliphatic heterocycles. The molecular weight excluding hydrogens is 422 g/mol. The number of carbonyl (C=O) groups excluding carboxylic acids is 4. The molecule has 0 aromatic rings. The Morgan fingerprint density at radius 2 is 1.79 bits per heavy atom. The summed E-state index contributed by atoms with van der Waals surface area (Å²) >= 11 is 0. The Morgan fingerprint density at radius 3 is 2.42 bits per heavy atom. The van der Waals surface area contributed by atoms with Gasteiger partial charge in [0.25, 0.3) is 0 Å². The SMILES string of the molecule is C/C(=C\[C@H](C(C)C)N(C)C(=O)CNC=O)C(=O)N1CCC[C@H]1C(=O)NCCN1CCCCC1. The van der Waals surface area contributed by atoms with Crippen molar-refractivity contribution in [2.45, 2.75) is 65.0 Å². The molecular formula is C24H41N5O4. The lowest BCUT2D eigenvalue weighted by Gasteiger charge is -2.30. The number of nitrogens with one attached hydrogen (secondary N) is 2. The first-order chi connectivity index (χ1) is 15.8. The molecule has 0 aliphatic carbocycles. The molecule has 33 heavy (non-hydrogen) atoms. The normalized spacial score (nSPS) is 20.5. The standard InChI is InChI=1S/C24H41N5O4/c1-18(2)21(27(4)22(31)16-25-17-30)15-19(3)24(33)29-13-8-9-20(29)23(32)26-10-14-28-11-6-5-7-12-28/h15,17-18,20-21H,5-14,16H2,1-4H3,(H,25,30)(H,26,32)/b19-15+/t20-,21+/m0/s1. The molecule has 0 aromatic heterocycles. The van der Waals surface area contributed by atoms with E-state index in [4.69, 9.17) is 0 Å². The molecule has 9 nitrogen and oxygen atoms in total. The zero-order chi connectivity index (χ0) is 24.4. The highest BCUT2D eigenvalue weighted by Gasteiger charge is 2.35. The van der Waals surface area contributed by atoms with Gasteiger partial charge in [0.1, 0.15) is 6.04 Å². The van der Waals surface area contributed by atoms with Crippen LogP contribution >= 0.6 is 0 Å². The predicted molar refractivity (Wildman–Crippen MR) is 127 cm³/mol. The molecule has 2 atom stereocenters. The summed E-state index contributed by atoms with van der Waals surface area (Å²) in [4.78, 5) is 54.5. The van der Waals surface area contributed by atoms with Gasteiger partial charge in [0.2, 0.25) is 24.1 Å². The predicted octanol–water partition coefficient (Wildman–Crippen LogP) is 0.755. The highest BCUT2D eigenvalue weighted by atomic mass is 16.2. The summed E-state index contributed by atoms with van der Waals surface area (Å²) in [6, 6.07) is -0.745. The van der Waals surface area contributed by atoms with E-state index < -0.39 is 6.04 Å². The Morgan fingerprint density at radius 1 is 1.09 bits per heavy atom. The van der Waals surface area contributed by atoms with Crippen molar-refractivity contribution in [2.24, 2.45) is 5.92 Å². The largest absolute Gasteiger partial charge is 0.353 e. The fraction of sp³-hybridized carbons (Fsp3) is 0.750. The lowest BCUT2D eigenvalue weighted by molar-refractivity contribution is -0.135. The van der Waals surface area contributed by atoms with Crippen LogP contribution in [0, 0.1) is 5.92 Å². The van der Waals surface area contributed by atoms with Gasteiger partial charge in [-0.25, -0.2) is 0 Å². The van der Waals surface area contributed by atoms with Gasteiger partial charge in [-0.2, -0.15) is 0 Å². The number of carbonyl (C=O) groups is 4. The lowest BCUT2D eigenvalue weighted by atomic mass is 9.99. The van der Waals surface area contributed by atoms with E-state index in [1.54, 1.807) is 29.8 Å².